The average molecular weight is 416 g/mol. The zero-order valence-electron chi connectivity index (χ0n) is 14.9. The Hall–Kier alpha value is -2.78. The molecule has 3 aromatic rings. The minimum absolute atomic E-state index is 0.191. The van der Waals surface area contributed by atoms with Gasteiger partial charge in [-0.05, 0) is 30.5 Å². The van der Waals surface area contributed by atoms with Crippen molar-refractivity contribution in [2.45, 2.75) is 12.7 Å². The Morgan fingerprint density at radius 1 is 1.07 bits per heavy atom. The molecule has 1 aromatic carbocycles. The maximum Gasteiger partial charge on any atom is 0.261 e. The Labute approximate surface area is 165 Å². The van der Waals surface area contributed by atoms with Crippen molar-refractivity contribution in [3.05, 3.63) is 64.4 Å². The summed E-state index contributed by atoms with van der Waals surface area (Å²) in [5.41, 5.74) is 0.946. The Bertz CT molecular complexity index is 1130. The number of carbonyl (C=O) groups excluding carboxylic acids is 2. The van der Waals surface area contributed by atoms with Crippen LogP contribution in [0, 0.1) is 6.92 Å². The highest BCUT2D eigenvalue weighted by atomic mass is 32.2. The molecule has 0 bridgehead atoms. The van der Waals surface area contributed by atoms with Crippen molar-refractivity contribution < 1.29 is 22.4 Å². The summed E-state index contributed by atoms with van der Waals surface area (Å²) in [5, 5.41) is 1.88. The van der Waals surface area contributed by atoms with Crippen LogP contribution in [0.4, 0.5) is 0 Å². The number of sulfone groups is 1. The standard InChI is InChI=1S/C19H16N2O5S2/c1-12-15(20-17(26-12)16-7-4-9-27-16)11-28(24,25)10-8-21-18(22)13-5-2-3-6-14(13)19(21)23/h2-7,9H,8,10-11H2,1H3. The number of hydrogen-bond donors (Lipinski definition) is 0. The highest BCUT2D eigenvalue weighted by molar-refractivity contribution is 7.90. The number of aryl methyl sites for hydroxylation is 1. The van der Waals surface area contributed by atoms with Crippen molar-refractivity contribution in [1.82, 2.24) is 9.88 Å². The second kappa shape index (κ2) is 6.99. The van der Waals surface area contributed by atoms with Gasteiger partial charge in [-0.1, -0.05) is 18.2 Å². The van der Waals surface area contributed by atoms with Gasteiger partial charge in [-0.3, -0.25) is 14.5 Å². The topological polar surface area (TPSA) is 97.6 Å². The molecule has 28 heavy (non-hydrogen) atoms. The molecule has 0 atom stereocenters. The summed E-state index contributed by atoms with van der Waals surface area (Å²) in [6.07, 6.45) is 0. The van der Waals surface area contributed by atoms with Crippen LogP contribution in [-0.2, 0) is 15.6 Å². The smallest absolute Gasteiger partial charge is 0.261 e. The molecule has 4 rings (SSSR count). The third kappa shape index (κ3) is 3.38. The third-order valence-electron chi connectivity index (χ3n) is 4.49. The van der Waals surface area contributed by atoms with Crippen LogP contribution in [0.2, 0.25) is 0 Å². The average Bonchev–Trinajstić information content (AvgIpc) is 3.36. The summed E-state index contributed by atoms with van der Waals surface area (Å²) < 4.78 is 30.7. The lowest BCUT2D eigenvalue weighted by molar-refractivity contribution is 0.0664. The van der Waals surface area contributed by atoms with E-state index in [-0.39, 0.29) is 18.1 Å². The van der Waals surface area contributed by atoms with Crippen molar-refractivity contribution in [1.29, 1.82) is 0 Å². The number of amides is 2. The van der Waals surface area contributed by atoms with Gasteiger partial charge in [-0.15, -0.1) is 11.3 Å². The largest absolute Gasteiger partial charge is 0.440 e. The first-order chi connectivity index (χ1) is 13.4. The summed E-state index contributed by atoms with van der Waals surface area (Å²) >= 11 is 1.45. The van der Waals surface area contributed by atoms with Gasteiger partial charge in [0.05, 0.1) is 33.2 Å². The van der Waals surface area contributed by atoms with E-state index in [4.69, 9.17) is 4.42 Å². The lowest BCUT2D eigenvalue weighted by atomic mass is 10.1. The molecule has 2 amide bonds. The molecule has 0 unspecified atom stereocenters. The first kappa shape index (κ1) is 18.6. The van der Waals surface area contributed by atoms with Crippen LogP contribution in [0.5, 0.6) is 0 Å². The third-order valence-corrected chi connectivity index (χ3v) is 6.86. The van der Waals surface area contributed by atoms with Crippen LogP contribution in [0.15, 0.2) is 46.2 Å². The molecule has 0 spiro atoms. The number of hydrogen-bond acceptors (Lipinski definition) is 7. The number of oxazole rings is 1. The van der Waals surface area contributed by atoms with Gasteiger partial charge < -0.3 is 4.42 Å². The summed E-state index contributed by atoms with van der Waals surface area (Å²) in [6, 6.07) is 10.2. The van der Waals surface area contributed by atoms with E-state index in [1.165, 1.54) is 11.3 Å². The zero-order valence-corrected chi connectivity index (χ0v) is 16.5. The van der Waals surface area contributed by atoms with Crippen LogP contribution >= 0.6 is 11.3 Å². The molecule has 0 saturated heterocycles. The molecule has 0 aliphatic carbocycles. The van der Waals surface area contributed by atoms with Gasteiger partial charge in [0.25, 0.3) is 11.8 Å². The summed E-state index contributed by atoms with van der Waals surface area (Å²) in [5.74, 6) is -0.747. The van der Waals surface area contributed by atoms with Gasteiger partial charge in [-0.2, -0.15) is 0 Å². The molecular formula is C19H16N2O5S2. The quantitative estimate of drug-likeness (QED) is 0.573. The van der Waals surface area contributed by atoms with E-state index < -0.39 is 21.7 Å². The Morgan fingerprint density at radius 3 is 2.36 bits per heavy atom. The fourth-order valence-electron chi connectivity index (χ4n) is 3.02. The first-order valence-corrected chi connectivity index (χ1v) is 11.2. The number of fused-ring (bicyclic) bond motifs is 1. The van der Waals surface area contributed by atoms with Crippen molar-refractivity contribution in [2.75, 3.05) is 12.3 Å². The summed E-state index contributed by atoms with van der Waals surface area (Å²) in [4.78, 5) is 30.8. The monoisotopic (exact) mass is 416 g/mol. The van der Waals surface area contributed by atoms with E-state index in [0.29, 0.717) is 28.5 Å². The predicted molar refractivity (Wildman–Crippen MR) is 104 cm³/mol. The molecule has 1 aliphatic heterocycles. The second-order valence-corrected chi connectivity index (χ2v) is 9.53. The van der Waals surface area contributed by atoms with Crippen LogP contribution in [0.25, 0.3) is 10.8 Å². The van der Waals surface area contributed by atoms with Crippen LogP contribution in [0.3, 0.4) is 0 Å². The number of benzene rings is 1. The fourth-order valence-corrected chi connectivity index (χ4v) is 4.96. The molecule has 7 nitrogen and oxygen atoms in total. The number of rotatable bonds is 6. The molecule has 0 radical (unpaired) electrons. The first-order valence-electron chi connectivity index (χ1n) is 8.51. The van der Waals surface area contributed by atoms with Gasteiger partial charge in [-0.25, -0.2) is 13.4 Å². The van der Waals surface area contributed by atoms with Crippen LogP contribution in [-0.4, -0.2) is 42.4 Å². The van der Waals surface area contributed by atoms with Gasteiger partial charge in [0, 0.05) is 6.54 Å². The summed E-state index contributed by atoms with van der Waals surface area (Å²) in [7, 11) is -3.60. The normalized spacial score (nSPS) is 14.0. The van der Waals surface area contributed by atoms with E-state index in [0.717, 1.165) is 9.78 Å². The molecule has 0 fully saturated rings. The number of imide groups is 1. The molecule has 0 N–H and O–H groups in total. The van der Waals surface area contributed by atoms with Crippen LogP contribution < -0.4 is 0 Å². The number of thiophene rings is 1. The molecule has 9 heteroatoms. The van der Waals surface area contributed by atoms with Crippen molar-refractivity contribution in [2.24, 2.45) is 0 Å². The van der Waals surface area contributed by atoms with Gasteiger partial charge in [0.2, 0.25) is 5.89 Å². The van der Waals surface area contributed by atoms with E-state index in [1.54, 1.807) is 31.2 Å². The fraction of sp³-hybridized carbons (Fsp3) is 0.211. The Balaban J connectivity index is 1.46. The number of nitrogens with zero attached hydrogens (tertiary/aromatic N) is 2. The minimum atomic E-state index is -3.60. The van der Waals surface area contributed by atoms with Gasteiger partial charge in [0.1, 0.15) is 5.76 Å². The second-order valence-electron chi connectivity index (χ2n) is 6.40. The highest BCUT2D eigenvalue weighted by Gasteiger charge is 2.35. The molecule has 0 saturated carbocycles. The lowest BCUT2D eigenvalue weighted by Gasteiger charge is -2.13. The van der Waals surface area contributed by atoms with E-state index in [9.17, 15) is 18.0 Å². The molecular weight excluding hydrogens is 400 g/mol. The molecule has 1 aliphatic rings. The van der Waals surface area contributed by atoms with Crippen molar-refractivity contribution in [3.8, 4) is 10.8 Å². The predicted octanol–water partition coefficient (Wildman–Crippen LogP) is 2.92. The zero-order chi connectivity index (χ0) is 19.9. The van der Waals surface area contributed by atoms with E-state index >= 15 is 0 Å². The highest BCUT2D eigenvalue weighted by Crippen LogP contribution is 2.27. The summed E-state index contributed by atoms with van der Waals surface area (Å²) in [6.45, 7) is 1.47. The van der Waals surface area contributed by atoms with E-state index in [1.807, 2.05) is 17.5 Å². The van der Waals surface area contributed by atoms with Gasteiger partial charge in [0.15, 0.2) is 9.84 Å². The number of aromatic nitrogens is 1. The van der Waals surface area contributed by atoms with Gasteiger partial charge >= 0.3 is 0 Å². The number of carbonyl (C=O) groups is 2. The minimum Gasteiger partial charge on any atom is -0.440 e. The molecule has 3 heterocycles. The molecule has 144 valence electrons. The van der Waals surface area contributed by atoms with Crippen molar-refractivity contribution in [3.63, 3.8) is 0 Å². The maximum absolute atomic E-state index is 12.6. The lowest BCUT2D eigenvalue weighted by Crippen LogP contribution is -2.34. The SMILES string of the molecule is Cc1oc(-c2cccs2)nc1CS(=O)(=O)CCN1C(=O)c2ccccc2C1=O. The maximum atomic E-state index is 12.6. The van der Waals surface area contributed by atoms with Crippen molar-refractivity contribution >= 4 is 33.0 Å². The van der Waals surface area contributed by atoms with E-state index in [2.05, 4.69) is 4.98 Å². The Kier molecular flexibility index (Phi) is 4.64. The molecule has 2 aromatic heterocycles. The Morgan fingerprint density at radius 2 is 1.75 bits per heavy atom. The van der Waals surface area contributed by atoms with Crippen LogP contribution in [0.1, 0.15) is 32.2 Å².